The lowest BCUT2D eigenvalue weighted by Gasteiger charge is -2.21. The van der Waals surface area contributed by atoms with E-state index in [1.165, 1.54) is 44.9 Å². The molecule has 0 aromatic rings. The van der Waals surface area contributed by atoms with E-state index in [2.05, 4.69) is 6.92 Å². The van der Waals surface area contributed by atoms with Crippen LogP contribution in [0.15, 0.2) is 11.6 Å². The zero-order chi connectivity index (χ0) is 13.2. The third kappa shape index (κ3) is 6.23. The second kappa shape index (κ2) is 9.18. The molecule has 0 atom stereocenters. The molecular weight excluding hydrogens is 224 g/mol. The lowest BCUT2D eigenvalue weighted by atomic mass is 9.98. The minimum absolute atomic E-state index is 0.0996. The van der Waals surface area contributed by atoms with Crippen LogP contribution in [0.2, 0.25) is 0 Å². The Labute approximate surface area is 112 Å². The third-order valence-corrected chi connectivity index (χ3v) is 3.66. The number of rotatable bonds is 7. The van der Waals surface area contributed by atoms with Crippen molar-refractivity contribution in [2.75, 3.05) is 0 Å². The normalized spacial score (nSPS) is 17.8. The van der Waals surface area contributed by atoms with Crippen molar-refractivity contribution in [3.63, 3.8) is 0 Å². The fourth-order valence-electron chi connectivity index (χ4n) is 2.40. The van der Waals surface area contributed by atoms with E-state index >= 15 is 0 Å². The molecule has 1 aliphatic carbocycles. The first kappa shape index (κ1) is 15.3. The standard InChI is InChI=1S/C16H28O2/c1-3-4-5-6-8-11-14(2)16(17)18-15-12-9-7-10-13-15/h11,15H,3-10,12-13H2,1-2H3. The molecule has 0 spiro atoms. The van der Waals surface area contributed by atoms with Gasteiger partial charge in [-0.15, -0.1) is 0 Å². The summed E-state index contributed by atoms with van der Waals surface area (Å²) in [7, 11) is 0. The van der Waals surface area contributed by atoms with Gasteiger partial charge in [0.15, 0.2) is 0 Å². The number of carbonyl (C=O) groups excluding carboxylic acids is 1. The van der Waals surface area contributed by atoms with Gasteiger partial charge in [0.2, 0.25) is 0 Å². The lowest BCUT2D eigenvalue weighted by molar-refractivity contribution is -0.145. The predicted molar refractivity (Wildman–Crippen MR) is 75.5 cm³/mol. The van der Waals surface area contributed by atoms with Crippen molar-refractivity contribution in [3.8, 4) is 0 Å². The van der Waals surface area contributed by atoms with Gasteiger partial charge in [-0.25, -0.2) is 4.79 Å². The molecule has 1 rings (SSSR count). The van der Waals surface area contributed by atoms with Crippen LogP contribution < -0.4 is 0 Å². The van der Waals surface area contributed by atoms with Gasteiger partial charge in [-0.1, -0.05) is 38.7 Å². The van der Waals surface area contributed by atoms with Gasteiger partial charge in [-0.05, 0) is 45.4 Å². The minimum Gasteiger partial charge on any atom is -0.459 e. The highest BCUT2D eigenvalue weighted by atomic mass is 16.5. The van der Waals surface area contributed by atoms with Crippen LogP contribution in [0.5, 0.6) is 0 Å². The molecule has 2 nitrogen and oxygen atoms in total. The van der Waals surface area contributed by atoms with Crippen LogP contribution in [0.25, 0.3) is 0 Å². The first-order valence-electron chi connectivity index (χ1n) is 7.61. The number of esters is 1. The van der Waals surface area contributed by atoms with Gasteiger partial charge in [-0.2, -0.15) is 0 Å². The highest BCUT2D eigenvalue weighted by Crippen LogP contribution is 2.21. The fraction of sp³-hybridized carbons (Fsp3) is 0.812. The predicted octanol–water partition coefficient (Wildman–Crippen LogP) is 4.78. The van der Waals surface area contributed by atoms with Crippen LogP contribution in [0, 0.1) is 0 Å². The van der Waals surface area contributed by atoms with E-state index in [-0.39, 0.29) is 12.1 Å². The molecule has 0 aromatic heterocycles. The number of hydrogen-bond acceptors (Lipinski definition) is 2. The molecule has 0 amide bonds. The van der Waals surface area contributed by atoms with Gasteiger partial charge >= 0.3 is 5.97 Å². The van der Waals surface area contributed by atoms with Gasteiger partial charge in [-0.3, -0.25) is 0 Å². The molecule has 0 saturated heterocycles. The van der Waals surface area contributed by atoms with Crippen molar-refractivity contribution in [1.29, 1.82) is 0 Å². The Hall–Kier alpha value is -0.790. The van der Waals surface area contributed by atoms with Crippen molar-refractivity contribution in [2.45, 2.75) is 84.2 Å². The number of ether oxygens (including phenoxy) is 1. The first-order chi connectivity index (χ1) is 8.74. The Kier molecular flexibility index (Phi) is 7.79. The number of hydrogen-bond donors (Lipinski definition) is 0. The summed E-state index contributed by atoms with van der Waals surface area (Å²) in [4.78, 5) is 11.8. The Morgan fingerprint density at radius 3 is 2.56 bits per heavy atom. The summed E-state index contributed by atoms with van der Waals surface area (Å²) in [5.41, 5.74) is 0.789. The molecular formula is C16H28O2. The van der Waals surface area contributed by atoms with E-state index < -0.39 is 0 Å². The SMILES string of the molecule is CCCCCCC=C(C)C(=O)OC1CCCCC1. The molecule has 18 heavy (non-hydrogen) atoms. The summed E-state index contributed by atoms with van der Waals surface area (Å²) in [6, 6.07) is 0. The van der Waals surface area contributed by atoms with E-state index in [0.29, 0.717) is 0 Å². The van der Waals surface area contributed by atoms with Crippen LogP contribution in [-0.4, -0.2) is 12.1 Å². The lowest BCUT2D eigenvalue weighted by Crippen LogP contribution is -2.21. The van der Waals surface area contributed by atoms with E-state index in [1.54, 1.807) is 0 Å². The molecule has 0 aromatic carbocycles. The molecule has 1 saturated carbocycles. The monoisotopic (exact) mass is 252 g/mol. The van der Waals surface area contributed by atoms with Crippen molar-refractivity contribution in [3.05, 3.63) is 11.6 Å². The minimum atomic E-state index is -0.0996. The topological polar surface area (TPSA) is 26.3 Å². The third-order valence-electron chi connectivity index (χ3n) is 3.66. The molecule has 1 fully saturated rings. The van der Waals surface area contributed by atoms with E-state index in [9.17, 15) is 4.79 Å². The molecule has 0 heterocycles. The van der Waals surface area contributed by atoms with Crippen LogP contribution in [0.4, 0.5) is 0 Å². The van der Waals surface area contributed by atoms with Crippen LogP contribution in [-0.2, 0) is 9.53 Å². The van der Waals surface area contributed by atoms with Crippen molar-refractivity contribution in [2.24, 2.45) is 0 Å². The fourth-order valence-corrected chi connectivity index (χ4v) is 2.40. The van der Waals surface area contributed by atoms with Crippen molar-refractivity contribution < 1.29 is 9.53 Å². The van der Waals surface area contributed by atoms with Gasteiger partial charge in [0.05, 0.1) is 0 Å². The number of unbranched alkanes of at least 4 members (excludes halogenated alkanes) is 4. The number of allylic oxidation sites excluding steroid dienone is 1. The Morgan fingerprint density at radius 2 is 1.89 bits per heavy atom. The molecule has 0 radical (unpaired) electrons. The average Bonchev–Trinajstić information content (AvgIpc) is 2.39. The first-order valence-corrected chi connectivity index (χ1v) is 7.61. The van der Waals surface area contributed by atoms with E-state index in [1.807, 2.05) is 13.0 Å². The summed E-state index contributed by atoms with van der Waals surface area (Å²) in [5, 5.41) is 0. The maximum atomic E-state index is 11.8. The van der Waals surface area contributed by atoms with Crippen molar-refractivity contribution in [1.82, 2.24) is 0 Å². The van der Waals surface area contributed by atoms with Crippen LogP contribution in [0.1, 0.15) is 78.1 Å². The summed E-state index contributed by atoms with van der Waals surface area (Å²) >= 11 is 0. The molecule has 0 N–H and O–H groups in total. The smallest absolute Gasteiger partial charge is 0.333 e. The molecule has 1 aliphatic rings. The quantitative estimate of drug-likeness (QED) is 0.370. The summed E-state index contributed by atoms with van der Waals surface area (Å²) in [6.07, 6.45) is 14.0. The highest BCUT2D eigenvalue weighted by Gasteiger charge is 2.18. The summed E-state index contributed by atoms with van der Waals surface area (Å²) in [5.74, 6) is -0.0996. The van der Waals surface area contributed by atoms with Crippen LogP contribution >= 0.6 is 0 Å². The Morgan fingerprint density at radius 1 is 1.17 bits per heavy atom. The molecule has 104 valence electrons. The average molecular weight is 252 g/mol. The van der Waals surface area contributed by atoms with E-state index in [0.717, 1.165) is 24.8 Å². The van der Waals surface area contributed by atoms with Crippen LogP contribution in [0.3, 0.4) is 0 Å². The maximum absolute atomic E-state index is 11.8. The highest BCUT2D eigenvalue weighted by molar-refractivity contribution is 5.87. The van der Waals surface area contributed by atoms with Crippen molar-refractivity contribution >= 4 is 5.97 Å². The molecule has 2 heteroatoms. The van der Waals surface area contributed by atoms with Gasteiger partial charge in [0, 0.05) is 5.57 Å². The van der Waals surface area contributed by atoms with E-state index in [4.69, 9.17) is 4.74 Å². The molecule has 0 aliphatic heterocycles. The van der Waals surface area contributed by atoms with Gasteiger partial charge in [0.25, 0.3) is 0 Å². The Bertz CT molecular complexity index is 262. The largest absolute Gasteiger partial charge is 0.459 e. The zero-order valence-corrected chi connectivity index (χ0v) is 12.0. The molecule has 0 unspecified atom stereocenters. The second-order valence-corrected chi connectivity index (χ2v) is 5.40. The maximum Gasteiger partial charge on any atom is 0.333 e. The zero-order valence-electron chi connectivity index (χ0n) is 12.0. The number of carbonyl (C=O) groups is 1. The molecule has 0 bridgehead atoms. The van der Waals surface area contributed by atoms with Gasteiger partial charge < -0.3 is 4.74 Å². The summed E-state index contributed by atoms with van der Waals surface area (Å²) in [6.45, 7) is 4.09. The Balaban J connectivity index is 2.20. The van der Waals surface area contributed by atoms with Gasteiger partial charge in [0.1, 0.15) is 6.10 Å². The summed E-state index contributed by atoms with van der Waals surface area (Å²) < 4.78 is 5.52. The second-order valence-electron chi connectivity index (χ2n) is 5.40.